The molecule has 2 N–H and O–H groups in total. The van der Waals surface area contributed by atoms with Crippen LogP contribution < -0.4 is 5.32 Å². The molecule has 0 aliphatic rings. The second-order valence-electron chi connectivity index (χ2n) is 3.49. The van der Waals surface area contributed by atoms with E-state index in [1.54, 1.807) is 13.0 Å². The minimum atomic E-state index is -0.495. The van der Waals surface area contributed by atoms with Gasteiger partial charge in [0.1, 0.15) is 0 Å². The summed E-state index contributed by atoms with van der Waals surface area (Å²) in [7, 11) is 0. The standard InChI is InChI=1S/C10H13ClN2O3/c1-7(14)4-5-12-10-3-2-8(13(15)16)6-9(10)11/h2-3,6-7,12,14H,4-5H2,1H3. The molecule has 0 saturated carbocycles. The third kappa shape index (κ3) is 3.67. The number of aliphatic hydroxyl groups excluding tert-OH is 1. The molecule has 1 aromatic rings. The highest BCUT2D eigenvalue weighted by atomic mass is 35.5. The van der Waals surface area contributed by atoms with Gasteiger partial charge in [0.25, 0.3) is 5.69 Å². The number of hydrogen-bond donors (Lipinski definition) is 2. The number of nitro groups is 1. The molecule has 1 rings (SSSR count). The molecule has 88 valence electrons. The van der Waals surface area contributed by atoms with Gasteiger partial charge in [-0.25, -0.2) is 0 Å². The number of hydrogen-bond acceptors (Lipinski definition) is 4. The summed E-state index contributed by atoms with van der Waals surface area (Å²) in [6.07, 6.45) is 0.206. The lowest BCUT2D eigenvalue weighted by atomic mass is 10.2. The summed E-state index contributed by atoms with van der Waals surface area (Å²) in [5.41, 5.74) is 0.596. The van der Waals surface area contributed by atoms with Gasteiger partial charge in [0.05, 0.1) is 21.7 Å². The Morgan fingerprint density at radius 2 is 2.31 bits per heavy atom. The minimum absolute atomic E-state index is 0.0360. The Morgan fingerprint density at radius 1 is 1.62 bits per heavy atom. The topological polar surface area (TPSA) is 75.4 Å². The average Bonchev–Trinajstić information content (AvgIpc) is 2.19. The van der Waals surface area contributed by atoms with Crippen molar-refractivity contribution < 1.29 is 10.0 Å². The quantitative estimate of drug-likeness (QED) is 0.616. The monoisotopic (exact) mass is 244 g/mol. The summed E-state index contributed by atoms with van der Waals surface area (Å²) in [5.74, 6) is 0. The van der Waals surface area contributed by atoms with Crippen LogP contribution in [0.5, 0.6) is 0 Å². The predicted octanol–water partition coefficient (Wildman–Crippen LogP) is 2.43. The first-order valence-electron chi connectivity index (χ1n) is 4.86. The van der Waals surface area contributed by atoms with Gasteiger partial charge in [-0.15, -0.1) is 0 Å². The molecule has 0 amide bonds. The fraction of sp³-hybridized carbons (Fsp3) is 0.400. The van der Waals surface area contributed by atoms with E-state index in [-0.39, 0.29) is 11.8 Å². The molecule has 0 aliphatic heterocycles. The van der Waals surface area contributed by atoms with Gasteiger partial charge in [0.15, 0.2) is 0 Å². The number of nitrogens with zero attached hydrogens (tertiary/aromatic N) is 1. The van der Waals surface area contributed by atoms with Crippen LogP contribution in [0.2, 0.25) is 5.02 Å². The zero-order valence-corrected chi connectivity index (χ0v) is 9.57. The molecule has 0 bridgehead atoms. The first-order chi connectivity index (χ1) is 7.50. The lowest BCUT2D eigenvalue weighted by Crippen LogP contribution is -2.09. The largest absolute Gasteiger partial charge is 0.393 e. The Kier molecular flexibility index (Phi) is 4.52. The van der Waals surface area contributed by atoms with Crippen molar-refractivity contribution in [2.24, 2.45) is 0 Å². The third-order valence-electron chi connectivity index (χ3n) is 2.04. The smallest absolute Gasteiger partial charge is 0.271 e. The molecule has 6 heteroatoms. The lowest BCUT2D eigenvalue weighted by molar-refractivity contribution is -0.384. The Bertz CT molecular complexity index is 382. The molecule has 1 atom stereocenters. The maximum absolute atomic E-state index is 10.5. The molecule has 1 aromatic carbocycles. The van der Waals surface area contributed by atoms with Crippen molar-refractivity contribution in [3.05, 3.63) is 33.3 Å². The van der Waals surface area contributed by atoms with E-state index in [0.717, 1.165) is 0 Å². The van der Waals surface area contributed by atoms with Gasteiger partial charge in [-0.1, -0.05) is 11.6 Å². The van der Waals surface area contributed by atoms with E-state index < -0.39 is 4.92 Å². The zero-order chi connectivity index (χ0) is 12.1. The van der Waals surface area contributed by atoms with Crippen LogP contribution in [-0.2, 0) is 0 Å². The fourth-order valence-electron chi connectivity index (χ4n) is 1.18. The van der Waals surface area contributed by atoms with E-state index in [4.69, 9.17) is 16.7 Å². The van der Waals surface area contributed by atoms with Gasteiger partial charge < -0.3 is 10.4 Å². The molecule has 5 nitrogen and oxygen atoms in total. The molecule has 0 heterocycles. The van der Waals surface area contributed by atoms with Crippen molar-refractivity contribution >= 4 is 23.0 Å². The van der Waals surface area contributed by atoms with Gasteiger partial charge in [-0.2, -0.15) is 0 Å². The van der Waals surface area contributed by atoms with Gasteiger partial charge in [-0.05, 0) is 19.4 Å². The van der Waals surface area contributed by atoms with Crippen LogP contribution in [0.1, 0.15) is 13.3 Å². The Balaban J connectivity index is 2.64. The van der Waals surface area contributed by atoms with Crippen LogP contribution >= 0.6 is 11.6 Å². The van der Waals surface area contributed by atoms with Crippen LogP contribution in [0.15, 0.2) is 18.2 Å². The van der Waals surface area contributed by atoms with E-state index >= 15 is 0 Å². The summed E-state index contributed by atoms with van der Waals surface area (Å²) in [6.45, 7) is 2.26. The highest BCUT2D eigenvalue weighted by molar-refractivity contribution is 6.33. The van der Waals surface area contributed by atoms with Crippen molar-refractivity contribution in [1.29, 1.82) is 0 Å². The number of halogens is 1. The molecule has 0 spiro atoms. The molecular weight excluding hydrogens is 232 g/mol. The minimum Gasteiger partial charge on any atom is -0.393 e. The molecule has 0 saturated heterocycles. The number of non-ortho nitro benzene ring substituents is 1. The summed E-state index contributed by atoms with van der Waals surface area (Å²) in [6, 6.07) is 4.24. The second kappa shape index (κ2) is 5.67. The van der Waals surface area contributed by atoms with Gasteiger partial charge in [0.2, 0.25) is 0 Å². The van der Waals surface area contributed by atoms with Crippen molar-refractivity contribution in [2.45, 2.75) is 19.4 Å². The fourth-order valence-corrected chi connectivity index (χ4v) is 1.42. The van der Waals surface area contributed by atoms with E-state index in [2.05, 4.69) is 5.32 Å². The van der Waals surface area contributed by atoms with Crippen molar-refractivity contribution in [3.8, 4) is 0 Å². The molecule has 0 aliphatic carbocycles. The number of nitro benzene ring substituents is 1. The maximum Gasteiger partial charge on any atom is 0.271 e. The lowest BCUT2D eigenvalue weighted by Gasteiger charge is -2.09. The van der Waals surface area contributed by atoms with Crippen molar-refractivity contribution in [1.82, 2.24) is 0 Å². The molecule has 1 unspecified atom stereocenters. The van der Waals surface area contributed by atoms with Crippen molar-refractivity contribution in [3.63, 3.8) is 0 Å². The first kappa shape index (κ1) is 12.7. The Hall–Kier alpha value is -1.33. The predicted molar refractivity (Wildman–Crippen MR) is 62.9 cm³/mol. The van der Waals surface area contributed by atoms with Crippen LogP contribution in [0, 0.1) is 10.1 Å². The number of aliphatic hydroxyl groups is 1. The number of anilines is 1. The number of nitrogens with one attached hydrogen (secondary N) is 1. The summed E-state index contributed by atoms with van der Waals surface area (Å²) >= 11 is 5.86. The SMILES string of the molecule is CC(O)CCNc1ccc([N+](=O)[O-])cc1Cl. The third-order valence-corrected chi connectivity index (χ3v) is 2.35. The van der Waals surface area contributed by atoms with Crippen LogP contribution in [0.4, 0.5) is 11.4 Å². The maximum atomic E-state index is 10.5. The Morgan fingerprint density at radius 3 is 2.81 bits per heavy atom. The number of benzene rings is 1. The molecule has 0 fully saturated rings. The molecule has 0 radical (unpaired) electrons. The molecular formula is C10H13ClN2O3. The van der Waals surface area contributed by atoms with E-state index in [1.165, 1.54) is 12.1 Å². The van der Waals surface area contributed by atoms with Crippen molar-refractivity contribution in [2.75, 3.05) is 11.9 Å². The number of rotatable bonds is 5. The summed E-state index contributed by atoms with van der Waals surface area (Å²) in [5, 5.41) is 22.8. The van der Waals surface area contributed by atoms with Crippen LogP contribution in [-0.4, -0.2) is 22.7 Å². The van der Waals surface area contributed by atoms with Gasteiger partial charge in [0, 0.05) is 18.7 Å². The van der Waals surface area contributed by atoms with Crippen LogP contribution in [0.25, 0.3) is 0 Å². The first-order valence-corrected chi connectivity index (χ1v) is 5.24. The summed E-state index contributed by atoms with van der Waals surface area (Å²) in [4.78, 5) is 9.97. The van der Waals surface area contributed by atoms with Gasteiger partial charge in [-0.3, -0.25) is 10.1 Å². The van der Waals surface area contributed by atoms with Crippen LogP contribution in [0.3, 0.4) is 0 Å². The summed E-state index contributed by atoms with van der Waals surface area (Å²) < 4.78 is 0. The van der Waals surface area contributed by atoms with E-state index in [1.807, 2.05) is 0 Å². The highest BCUT2D eigenvalue weighted by Gasteiger charge is 2.08. The Labute approximate surface area is 98.2 Å². The molecule has 16 heavy (non-hydrogen) atoms. The van der Waals surface area contributed by atoms with E-state index in [0.29, 0.717) is 23.7 Å². The van der Waals surface area contributed by atoms with E-state index in [9.17, 15) is 10.1 Å². The average molecular weight is 245 g/mol. The zero-order valence-electron chi connectivity index (χ0n) is 8.81. The van der Waals surface area contributed by atoms with Gasteiger partial charge >= 0.3 is 0 Å². The second-order valence-corrected chi connectivity index (χ2v) is 3.89. The molecule has 0 aromatic heterocycles. The highest BCUT2D eigenvalue weighted by Crippen LogP contribution is 2.26. The normalized spacial score (nSPS) is 12.2.